The molecule has 0 amide bonds. The summed E-state index contributed by atoms with van der Waals surface area (Å²) in [5.41, 5.74) is 1.37. The molecule has 2 N–H and O–H groups in total. The minimum atomic E-state index is 0.509. The zero-order valence-corrected chi connectivity index (χ0v) is 12.8. The zero-order chi connectivity index (χ0) is 15.0. The van der Waals surface area contributed by atoms with Gasteiger partial charge in [-0.3, -0.25) is 0 Å². The first-order valence-electron chi connectivity index (χ1n) is 8.14. The Morgan fingerprint density at radius 2 is 1.91 bits per heavy atom. The predicted molar refractivity (Wildman–Crippen MR) is 89.0 cm³/mol. The largest absolute Gasteiger partial charge is 0.369 e. The predicted octanol–water partition coefficient (Wildman–Crippen LogP) is 3.27. The highest BCUT2D eigenvalue weighted by Gasteiger charge is 2.15. The van der Waals surface area contributed by atoms with Gasteiger partial charge in [-0.2, -0.15) is 10.1 Å². The minimum absolute atomic E-state index is 0.509. The molecule has 1 heterocycles. The third-order valence-corrected chi connectivity index (χ3v) is 4.04. The molecule has 0 saturated heterocycles. The maximum absolute atomic E-state index is 4.48. The molecule has 5 nitrogen and oxygen atoms in total. The van der Waals surface area contributed by atoms with Crippen molar-refractivity contribution in [2.24, 2.45) is 0 Å². The van der Waals surface area contributed by atoms with Crippen LogP contribution in [0.4, 0.5) is 11.8 Å². The van der Waals surface area contributed by atoms with Gasteiger partial charge in [0.1, 0.15) is 5.82 Å². The molecule has 2 aromatic rings. The number of anilines is 2. The van der Waals surface area contributed by atoms with E-state index in [4.69, 9.17) is 0 Å². The topological polar surface area (TPSA) is 62.7 Å². The number of rotatable bonds is 7. The van der Waals surface area contributed by atoms with Crippen LogP contribution < -0.4 is 10.6 Å². The van der Waals surface area contributed by atoms with Crippen LogP contribution >= 0.6 is 0 Å². The van der Waals surface area contributed by atoms with Crippen molar-refractivity contribution >= 4 is 11.8 Å². The number of aromatic nitrogens is 3. The molecule has 5 heteroatoms. The fraction of sp³-hybridized carbons (Fsp3) is 0.471. The van der Waals surface area contributed by atoms with Gasteiger partial charge in [0, 0.05) is 12.6 Å². The number of hydrogen-bond donors (Lipinski definition) is 2. The van der Waals surface area contributed by atoms with Gasteiger partial charge in [0.2, 0.25) is 5.95 Å². The maximum atomic E-state index is 4.48. The van der Waals surface area contributed by atoms with E-state index >= 15 is 0 Å². The molecule has 1 aliphatic rings. The standard InChI is InChI=1S/C17H23N5/c1-2-7-14(8-3-1)9-6-12-18-16-13-19-22-17(21-16)20-15-10-4-5-11-15/h1-3,7-8,13,15H,4-6,9-12H2,(H2,18,20,21,22). The molecule has 0 radical (unpaired) electrons. The lowest BCUT2D eigenvalue weighted by Gasteiger charge is -2.12. The second kappa shape index (κ2) is 7.73. The van der Waals surface area contributed by atoms with Gasteiger partial charge in [-0.1, -0.05) is 43.2 Å². The highest BCUT2D eigenvalue weighted by Crippen LogP contribution is 2.20. The molecule has 3 rings (SSSR count). The molecule has 1 saturated carbocycles. The number of nitrogens with zero attached hydrogens (tertiary/aromatic N) is 3. The Kier molecular flexibility index (Phi) is 5.18. The summed E-state index contributed by atoms with van der Waals surface area (Å²) in [6.45, 7) is 0.885. The Morgan fingerprint density at radius 1 is 1.09 bits per heavy atom. The Morgan fingerprint density at radius 3 is 2.73 bits per heavy atom. The first-order chi connectivity index (χ1) is 10.9. The van der Waals surface area contributed by atoms with Crippen LogP contribution in [0.15, 0.2) is 36.5 Å². The van der Waals surface area contributed by atoms with E-state index in [1.807, 2.05) is 6.07 Å². The van der Waals surface area contributed by atoms with Crippen LogP contribution in [0.2, 0.25) is 0 Å². The molecule has 1 aromatic carbocycles. The van der Waals surface area contributed by atoms with E-state index in [0.717, 1.165) is 25.2 Å². The molecule has 0 aliphatic heterocycles. The first-order valence-corrected chi connectivity index (χ1v) is 8.14. The fourth-order valence-corrected chi connectivity index (χ4v) is 2.86. The molecule has 116 valence electrons. The van der Waals surface area contributed by atoms with E-state index in [-0.39, 0.29) is 0 Å². The molecule has 0 bridgehead atoms. The van der Waals surface area contributed by atoms with Crippen LogP contribution in [0.25, 0.3) is 0 Å². The Balaban J connectivity index is 1.44. The second-order valence-corrected chi connectivity index (χ2v) is 5.81. The fourth-order valence-electron chi connectivity index (χ4n) is 2.86. The lowest BCUT2D eigenvalue weighted by molar-refractivity contribution is 0.737. The average Bonchev–Trinajstić information content (AvgIpc) is 3.06. The van der Waals surface area contributed by atoms with Gasteiger partial charge >= 0.3 is 0 Å². The number of hydrogen-bond acceptors (Lipinski definition) is 5. The Labute approximate surface area is 131 Å². The summed E-state index contributed by atoms with van der Waals surface area (Å²) < 4.78 is 0. The van der Waals surface area contributed by atoms with Crippen molar-refractivity contribution in [1.82, 2.24) is 15.2 Å². The van der Waals surface area contributed by atoms with E-state index in [1.165, 1.54) is 31.2 Å². The highest BCUT2D eigenvalue weighted by molar-refractivity contribution is 5.37. The van der Waals surface area contributed by atoms with Gasteiger partial charge in [0.15, 0.2) is 0 Å². The summed E-state index contributed by atoms with van der Waals surface area (Å²) in [5, 5.41) is 14.8. The van der Waals surface area contributed by atoms with Gasteiger partial charge < -0.3 is 10.6 Å². The van der Waals surface area contributed by atoms with E-state index in [0.29, 0.717) is 12.0 Å². The zero-order valence-electron chi connectivity index (χ0n) is 12.8. The van der Waals surface area contributed by atoms with Crippen LogP contribution in [-0.4, -0.2) is 27.8 Å². The van der Waals surface area contributed by atoms with Crippen molar-refractivity contribution < 1.29 is 0 Å². The molecular formula is C17H23N5. The van der Waals surface area contributed by atoms with E-state index < -0.39 is 0 Å². The molecule has 1 fully saturated rings. The van der Waals surface area contributed by atoms with Crippen molar-refractivity contribution in [1.29, 1.82) is 0 Å². The summed E-state index contributed by atoms with van der Waals surface area (Å²) in [4.78, 5) is 4.48. The summed E-state index contributed by atoms with van der Waals surface area (Å²) in [5.74, 6) is 1.43. The van der Waals surface area contributed by atoms with Gasteiger partial charge in [-0.25, -0.2) is 0 Å². The smallest absolute Gasteiger partial charge is 0.244 e. The first kappa shape index (κ1) is 14.8. The minimum Gasteiger partial charge on any atom is -0.369 e. The van der Waals surface area contributed by atoms with E-state index in [1.54, 1.807) is 6.20 Å². The van der Waals surface area contributed by atoms with Crippen LogP contribution in [0, 0.1) is 0 Å². The molecule has 22 heavy (non-hydrogen) atoms. The van der Waals surface area contributed by atoms with Crippen molar-refractivity contribution in [3.8, 4) is 0 Å². The quantitative estimate of drug-likeness (QED) is 0.768. The third-order valence-electron chi connectivity index (χ3n) is 4.04. The van der Waals surface area contributed by atoms with Crippen LogP contribution in [-0.2, 0) is 6.42 Å². The van der Waals surface area contributed by atoms with Crippen LogP contribution in [0.3, 0.4) is 0 Å². The van der Waals surface area contributed by atoms with Gasteiger partial charge in [0.05, 0.1) is 6.20 Å². The van der Waals surface area contributed by atoms with Crippen LogP contribution in [0.5, 0.6) is 0 Å². The van der Waals surface area contributed by atoms with Crippen molar-refractivity contribution in [2.75, 3.05) is 17.2 Å². The van der Waals surface area contributed by atoms with Crippen LogP contribution in [0.1, 0.15) is 37.7 Å². The lowest BCUT2D eigenvalue weighted by Crippen LogP contribution is -2.17. The van der Waals surface area contributed by atoms with Crippen molar-refractivity contribution in [3.63, 3.8) is 0 Å². The average molecular weight is 297 g/mol. The molecule has 1 aliphatic carbocycles. The molecular weight excluding hydrogens is 274 g/mol. The Bertz CT molecular complexity index is 566. The number of benzene rings is 1. The lowest BCUT2D eigenvalue weighted by atomic mass is 10.1. The molecule has 0 unspecified atom stereocenters. The SMILES string of the molecule is c1ccc(CCCNc2cnnc(NC3CCCC3)n2)cc1. The Hall–Kier alpha value is -2.17. The molecule has 0 atom stereocenters. The normalized spacial score (nSPS) is 14.9. The van der Waals surface area contributed by atoms with Crippen molar-refractivity contribution in [3.05, 3.63) is 42.1 Å². The second-order valence-electron chi connectivity index (χ2n) is 5.81. The molecule has 0 spiro atoms. The summed E-state index contributed by atoms with van der Waals surface area (Å²) >= 11 is 0. The number of aryl methyl sites for hydroxylation is 1. The van der Waals surface area contributed by atoms with E-state index in [2.05, 4.69) is 50.1 Å². The van der Waals surface area contributed by atoms with Gasteiger partial charge in [0.25, 0.3) is 0 Å². The van der Waals surface area contributed by atoms with Crippen molar-refractivity contribution in [2.45, 2.75) is 44.6 Å². The maximum Gasteiger partial charge on any atom is 0.244 e. The summed E-state index contributed by atoms with van der Waals surface area (Å²) in [6, 6.07) is 11.0. The van der Waals surface area contributed by atoms with Gasteiger partial charge in [-0.15, -0.1) is 5.10 Å². The van der Waals surface area contributed by atoms with Gasteiger partial charge in [-0.05, 0) is 31.2 Å². The monoisotopic (exact) mass is 297 g/mol. The summed E-state index contributed by atoms with van der Waals surface area (Å²) in [7, 11) is 0. The molecule has 1 aromatic heterocycles. The summed E-state index contributed by atoms with van der Waals surface area (Å²) in [6.07, 6.45) is 8.82. The van der Waals surface area contributed by atoms with E-state index in [9.17, 15) is 0 Å². The number of nitrogens with one attached hydrogen (secondary N) is 2. The third kappa shape index (κ3) is 4.41. The highest BCUT2D eigenvalue weighted by atomic mass is 15.3.